The molecule has 1 aliphatic heterocycles. The molecule has 0 spiro atoms. The molecule has 29 heavy (non-hydrogen) atoms. The van der Waals surface area contributed by atoms with Gasteiger partial charge in [0.1, 0.15) is 30.3 Å². The SMILES string of the molecule is COc1ccc(OC2CCN(CCn3cncn3)CC2)cc1.O=C(O)C(F)(F)F. The maximum atomic E-state index is 10.6. The van der Waals surface area contributed by atoms with Gasteiger partial charge in [0.05, 0.1) is 13.7 Å². The van der Waals surface area contributed by atoms with E-state index in [0.29, 0.717) is 6.10 Å². The first-order chi connectivity index (χ1) is 13.8. The molecule has 0 saturated carbocycles. The van der Waals surface area contributed by atoms with Gasteiger partial charge in [0.25, 0.3) is 0 Å². The lowest BCUT2D eigenvalue weighted by atomic mass is 10.1. The first-order valence-electron chi connectivity index (χ1n) is 8.93. The van der Waals surface area contributed by atoms with Crippen molar-refractivity contribution in [1.82, 2.24) is 19.7 Å². The van der Waals surface area contributed by atoms with Crippen molar-refractivity contribution in [2.45, 2.75) is 31.7 Å². The summed E-state index contributed by atoms with van der Waals surface area (Å²) in [6.07, 6.45) is 0.678. The maximum absolute atomic E-state index is 10.6. The van der Waals surface area contributed by atoms with Crippen LogP contribution in [0, 0.1) is 0 Å². The molecule has 0 aliphatic carbocycles. The fourth-order valence-corrected chi connectivity index (χ4v) is 2.69. The highest BCUT2D eigenvalue weighted by atomic mass is 19.4. The number of carbonyl (C=O) groups is 1. The van der Waals surface area contributed by atoms with E-state index in [4.69, 9.17) is 19.4 Å². The third-order valence-electron chi connectivity index (χ3n) is 4.25. The van der Waals surface area contributed by atoms with Crippen LogP contribution in [0.4, 0.5) is 13.2 Å². The molecule has 160 valence electrons. The number of hydrogen-bond donors (Lipinski definition) is 1. The van der Waals surface area contributed by atoms with Gasteiger partial charge in [-0.15, -0.1) is 0 Å². The fourth-order valence-electron chi connectivity index (χ4n) is 2.69. The Morgan fingerprint density at radius 1 is 1.17 bits per heavy atom. The highest BCUT2D eigenvalue weighted by Gasteiger charge is 2.38. The summed E-state index contributed by atoms with van der Waals surface area (Å²) in [6, 6.07) is 7.80. The van der Waals surface area contributed by atoms with Gasteiger partial charge < -0.3 is 19.5 Å². The summed E-state index contributed by atoms with van der Waals surface area (Å²) >= 11 is 0. The number of hydrogen-bond acceptors (Lipinski definition) is 6. The van der Waals surface area contributed by atoms with Gasteiger partial charge >= 0.3 is 12.1 Å². The number of alkyl halides is 3. The topological polar surface area (TPSA) is 89.7 Å². The monoisotopic (exact) mass is 416 g/mol. The van der Waals surface area contributed by atoms with Gasteiger partial charge in [0, 0.05) is 19.6 Å². The van der Waals surface area contributed by atoms with Crippen molar-refractivity contribution >= 4 is 5.97 Å². The van der Waals surface area contributed by atoms with Gasteiger partial charge in [-0.3, -0.25) is 4.68 Å². The van der Waals surface area contributed by atoms with Crippen LogP contribution >= 0.6 is 0 Å². The number of benzene rings is 1. The van der Waals surface area contributed by atoms with Crippen LogP contribution in [0.25, 0.3) is 0 Å². The number of aromatic nitrogens is 3. The largest absolute Gasteiger partial charge is 0.497 e. The van der Waals surface area contributed by atoms with Crippen LogP contribution in [-0.2, 0) is 11.3 Å². The smallest absolute Gasteiger partial charge is 0.490 e. The van der Waals surface area contributed by atoms with E-state index >= 15 is 0 Å². The van der Waals surface area contributed by atoms with Crippen molar-refractivity contribution in [2.75, 3.05) is 26.7 Å². The van der Waals surface area contributed by atoms with E-state index in [-0.39, 0.29) is 0 Å². The summed E-state index contributed by atoms with van der Waals surface area (Å²) < 4.78 is 44.8. The molecule has 3 rings (SSSR count). The minimum Gasteiger partial charge on any atom is -0.497 e. The quantitative estimate of drug-likeness (QED) is 0.774. The van der Waals surface area contributed by atoms with Crippen LogP contribution in [0.1, 0.15) is 12.8 Å². The van der Waals surface area contributed by atoms with E-state index in [0.717, 1.165) is 50.5 Å². The summed E-state index contributed by atoms with van der Waals surface area (Å²) in [6.45, 7) is 4.04. The zero-order valence-corrected chi connectivity index (χ0v) is 15.9. The predicted octanol–water partition coefficient (Wildman–Crippen LogP) is 2.46. The second-order valence-electron chi connectivity index (χ2n) is 6.30. The number of piperidine rings is 1. The Morgan fingerprint density at radius 2 is 1.76 bits per heavy atom. The molecule has 0 amide bonds. The van der Waals surface area contributed by atoms with Crippen molar-refractivity contribution in [1.29, 1.82) is 0 Å². The first kappa shape index (κ1) is 22.5. The molecule has 1 fully saturated rings. The fraction of sp³-hybridized carbons (Fsp3) is 0.500. The number of halogens is 3. The number of aliphatic carboxylic acids is 1. The molecule has 0 radical (unpaired) electrons. The number of ether oxygens (including phenoxy) is 2. The Hall–Kier alpha value is -2.82. The third-order valence-corrected chi connectivity index (χ3v) is 4.25. The van der Waals surface area contributed by atoms with Gasteiger partial charge in [0.2, 0.25) is 0 Å². The summed E-state index contributed by atoms with van der Waals surface area (Å²) in [7, 11) is 1.67. The predicted molar refractivity (Wildman–Crippen MR) is 96.8 cm³/mol. The van der Waals surface area contributed by atoms with Crippen molar-refractivity contribution in [3.05, 3.63) is 36.9 Å². The first-order valence-corrected chi connectivity index (χ1v) is 8.93. The Bertz CT molecular complexity index is 731. The molecule has 0 unspecified atom stereocenters. The Kier molecular flexibility index (Phi) is 8.25. The lowest BCUT2D eigenvalue weighted by Gasteiger charge is -2.32. The van der Waals surface area contributed by atoms with Crippen LogP contribution in [0.5, 0.6) is 11.5 Å². The standard InChI is InChI=1S/C16H22N4O2.C2HF3O2/c1-21-14-2-4-15(5-3-14)22-16-6-8-19(9-7-16)10-11-20-13-17-12-18-20;3-2(4,5)1(6)7/h2-5,12-13,16H,6-11H2,1H3;(H,6,7). The molecule has 1 aliphatic rings. The van der Waals surface area contributed by atoms with Crippen molar-refractivity contribution < 1.29 is 32.5 Å². The zero-order chi connectivity index (χ0) is 21.3. The molecule has 0 bridgehead atoms. The van der Waals surface area contributed by atoms with E-state index < -0.39 is 12.1 Å². The van der Waals surface area contributed by atoms with E-state index in [2.05, 4.69) is 15.0 Å². The molecular weight excluding hydrogens is 393 g/mol. The van der Waals surface area contributed by atoms with Gasteiger partial charge in [-0.05, 0) is 37.1 Å². The zero-order valence-electron chi connectivity index (χ0n) is 15.9. The minimum atomic E-state index is -5.08. The molecule has 1 aromatic carbocycles. The Morgan fingerprint density at radius 3 is 2.24 bits per heavy atom. The van der Waals surface area contributed by atoms with Crippen molar-refractivity contribution in [3.63, 3.8) is 0 Å². The number of rotatable bonds is 6. The highest BCUT2D eigenvalue weighted by molar-refractivity contribution is 5.73. The highest BCUT2D eigenvalue weighted by Crippen LogP contribution is 2.21. The Labute approximate surface area is 165 Å². The number of likely N-dealkylation sites (tertiary alicyclic amines) is 1. The average Bonchev–Trinajstić information content (AvgIpc) is 3.21. The van der Waals surface area contributed by atoms with Gasteiger partial charge in [-0.1, -0.05) is 0 Å². The normalized spacial score (nSPS) is 15.3. The molecule has 1 saturated heterocycles. The number of methoxy groups -OCH3 is 1. The van der Waals surface area contributed by atoms with E-state index in [1.165, 1.54) is 0 Å². The molecule has 11 heteroatoms. The molecule has 1 N–H and O–H groups in total. The summed E-state index contributed by atoms with van der Waals surface area (Å²) in [5.74, 6) is -0.982. The van der Waals surface area contributed by atoms with Crippen LogP contribution in [0.15, 0.2) is 36.9 Å². The molecule has 1 aromatic heterocycles. The van der Waals surface area contributed by atoms with E-state index in [9.17, 15) is 13.2 Å². The molecular formula is C18H23F3N4O4. The van der Waals surface area contributed by atoms with Crippen molar-refractivity contribution in [3.8, 4) is 11.5 Å². The number of carboxylic acids is 1. The van der Waals surface area contributed by atoms with Crippen LogP contribution < -0.4 is 9.47 Å². The van der Waals surface area contributed by atoms with Crippen LogP contribution in [0.3, 0.4) is 0 Å². The number of nitrogens with zero attached hydrogens (tertiary/aromatic N) is 4. The Balaban J connectivity index is 0.000000370. The van der Waals surface area contributed by atoms with Gasteiger partial charge in [-0.25, -0.2) is 9.78 Å². The second-order valence-corrected chi connectivity index (χ2v) is 6.30. The number of carboxylic acid groups (broad SMARTS) is 1. The lowest BCUT2D eigenvalue weighted by Crippen LogP contribution is -2.39. The maximum Gasteiger partial charge on any atom is 0.490 e. The van der Waals surface area contributed by atoms with Crippen LogP contribution in [0.2, 0.25) is 0 Å². The summed E-state index contributed by atoms with van der Waals surface area (Å²) in [4.78, 5) is 15.3. The average molecular weight is 416 g/mol. The second kappa shape index (κ2) is 10.6. The van der Waals surface area contributed by atoms with E-state index in [1.54, 1.807) is 19.8 Å². The third kappa shape index (κ3) is 7.98. The van der Waals surface area contributed by atoms with E-state index in [1.807, 2.05) is 28.9 Å². The molecule has 0 atom stereocenters. The van der Waals surface area contributed by atoms with Crippen molar-refractivity contribution in [2.24, 2.45) is 0 Å². The van der Waals surface area contributed by atoms with Crippen LogP contribution in [-0.4, -0.2) is 69.8 Å². The van der Waals surface area contributed by atoms with Gasteiger partial charge in [-0.2, -0.15) is 18.3 Å². The minimum absolute atomic E-state index is 0.302. The molecule has 2 heterocycles. The molecule has 8 nitrogen and oxygen atoms in total. The molecule has 2 aromatic rings. The lowest BCUT2D eigenvalue weighted by molar-refractivity contribution is -0.192. The van der Waals surface area contributed by atoms with Gasteiger partial charge in [0.15, 0.2) is 0 Å². The summed E-state index contributed by atoms with van der Waals surface area (Å²) in [5.41, 5.74) is 0. The summed E-state index contributed by atoms with van der Waals surface area (Å²) in [5, 5.41) is 11.3.